The Morgan fingerprint density at radius 2 is 1.77 bits per heavy atom. The van der Waals surface area contributed by atoms with Crippen LogP contribution in [0.15, 0.2) is 72.9 Å². The molecule has 2 aromatic carbocycles. The Bertz CT molecular complexity index is 1150. The summed E-state index contributed by atoms with van der Waals surface area (Å²) < 4.78 is 41.2. The quantitative estimate of drug-likeness (QED) is 0.470. The van der Waals surface area contributed by atoms with Gasteiger partial charge in [-0.25, -0.2) is 9.78 Å². The number of urea groups is 1. The normalized spacial score (nSPS) is 15.6. The molecule has 1 fully saturated rings. The third-order valence-corrected chi connectivity index (χ3v) is 5.68. The number of halogens is 3. The van der Waals surface area contributed by atoms with E-state index in [1.165, 1.54) is 12.1 Å². The molecule has 0 radical (unpaired) electrons. The predicted molar refractivity (Wildman–Crippen MR) is 128 cm³/mol. The largest absolute Gasteiger partial charge is 0.573 e. The molecule has 0 spiro atoms. The van der Waals surface area contributed by atoms with Gasteiger partial charge in [-0.15, -0.1) is 13.2 Å². The fourth-order valence-corrected chi connectivity index (χ4v) is 3.97. The number of hydrogen-bond donors (Lipinski definition) is 2. The number of nitrogens with zero attached hydrogens (tertiary/aromatic N) is 3. The monoisotopic (exact) mass is 485 g/mol. The number of pyridine rings is 1. The van der Waals surface area contributed by atoms with E-state index in [1.54, 1.807) is 30.5 Å². The van der Waals surface area contributed by atoms with Crippen LogP contribution in [0.3, 0.4) is 0 Å². The molecule has 1 aliphatic heterocycles. The van der Waals surface area contributed by atoms with E-state index >= 15 is 0 Å². The van der Waals surface area contributed by atoms with Crippen molar-refractivity contribution in [1.82, 2.24) is 9.88 Å². The highest BCUT2D eigenvalue weighted by atomic mass is 19.4. The summed E-state index contributed by atoms with van der Waals surface area (Å²) in [5.74, 6) is 0.190. The number of benzene rings is 2. The highest BCUT2D eigenvalue weighted by Crippen LogP contribution is 2.32. The third kappa shape index (κ3) is 6.63. The Morgan fingerprint density at radius 3 is 2.46 bits per heavy atom. The van der Waals surface area contributed by atoms with Crippen molar-refractivity contribution in [3.8, 4) is 5.75 Å². The van der Waals surface area contributed by atoms with Crippen LogP contribution in [0, 0.1) is 0 Å². The van der Waals surface area contributed by atoms with Crippen LogP contribution in [-0.2, 0) is 6.54 Å². The van der Waals surface area contributed by atoms with Crippen LogP contribution in [-0.4, -0.2) is 41.0 Å². The number of aromatic nitrogens is 1. The van der Waals surface area contributed by atoms with Crippen molar-refractivity contribution in [3.05, 3.63) is 78.5 Å². The van der Waals surface area contributed by atoms with Gasteiger partial charge < -0.3 is 15.0 Å². The summed E-state index contributed by atoms with van der Waals surface area (Å²) >= 11 is 0. The maximum atomic E-state index is 12.4. The highest BCUT2D eigenvalue weighted by Gasteiger charge is 2.37. The van der Waals surface area contributed by atoms with Crippen LogP contribution in [0.25, 0.3) is 0 Å². The van der Waals surface area contributed by atoms with Crippen molar-refractivity contribution in [2.45, 2.75) is 32.3 Å². The van der Waals surface area contributed by atoms with Crippen molar-refractivity contribution < 1.29 is 22.7 Å². The Balaban J connectivity index is 1.38. The van der Waals surface area contributed by atoms with Crippen LogP contribution in [0.2, 0.25) is 0 Å². The molecule has 0 unspecified atom stereocenters. The minimum atomic E-state index is -4.71. The smallest absolute Gasteiger partial charge is 0.406 e. The van der Waals surface area contributed by atoms with Gasteiger partial charge in [0, 0.05) is 36.2 Å². The van der Waals surface area contributed by atoms with Crippen LogP contribution >= 0.6 is 0 Å². The fourth-order valence-electron chi connectivity index (χ4n) is 3.97. The number of hydrogen-bond acceptors (Lipinski definition) is 5. The van der Waals surface area contributed by atoms with E-state index in [2.05, 4.69) is 44.0 Å². The molecule has 0 atom stereocenters. The van der Waals surface area contributed by atoms with E-state index in [4.69, 9.17) is 0 Å². The molecule has 7 nitrogen and oxygen atoms in total. The van der Waals surface area contributed by atoms with Crippen molar-refractivity contribution in [1.29, 1.82) is 0 Å². The average molecular weight is 486 g/mol. The first-order chi connectivity index (χ1) is 16.6. The van der Waals surface area contributed by atoms with Gasteiger partial charge in [0.15, 0.2) is 0 Å². The zero-order valence-electron chi connectivity index (χ0n) is 19.3. The van der Waals surface area contributed by atoms with E-state index in [-0.39, 0.29) is 17.3 Å². The van der Waals surface area contributed by atoms with Gasteiger partial charge in [0.2, 0.25) is 0 Å². The summed E-state index contributed by atoms with van der Waals surface area (Å²) in [6.07, 6.45) is -3.07. The van der Waals surface area contributed by atoms with Crippen molar-refractivity contribution in [2.24, 2.45) is 0 Å². The first-order valence-corrected chi connectivity index (χ1v) is 11.0. The minimum Gasteiger partial charge on any atom is -0.406 e. The van der Waals surface area contributed by atoms with E-state index in [1.807, 2.05) is 30.3 Å². The first kappa shape index (κ1) is 24.3. The topological polar surface area (TPSA) is 69.7 Å². The highest BCUT2D eigenvalue weighted by molar-refractivity contribution is 5.99. The molecule has 35 heavy (non-hydrogen) atoms. The summed E-state index contributed by atoms with van der Waals surface area (Å²) in [4.78, 5) is 20.9. The van der Waals surface area contributed by atoms with Gasteiger partial charge in [-0.05, 0) is 67.9 Å². The lowest BCUT2D eigenvalue weighted by atomic mass is 10.0. The molecular formula is C25H26F3N5O2. The Labute approximate surface area is 201 Å². The number of carbonyl (C=O) groups excluding carboxylic acids is 1. The second kappa shape index (κ2) is 9.83. The first-order valence-electron chi connectivity index (χ1n) is 11.0. The van der Waals surface area contributed by atoms with Gasteiger partial charge >= 0.3 is 12.4 Å². The number of anilines is 3. The molecule has 2 amide bonds. The zero-order valence-corrected chi connectivity index (χ0v) is 19.3. The van der Waals surface area contributed by atoms with Crippen LogP contribution in [0.5, 0.6) is 5.75 Å². The van der Waals surface area contributed by atoms with Gasteiger partial charge in [0.1, 0.15) is 11.6 Å². The van der Waals surface area contributed by atoms with Gasteiger partial charge in [-0.3, -0.25) is 10.2 Å². The maximum absolute atomic E-state index is 12.4. The van der Waals surface area contributed by atoms with Gasteiger partial charge in [-0.2, -0.15) is 0 Å². The summed E-state index contributed by atoms with van der Waals surface area (Å²) in [5.41, 5.74) is 2.27. The zero-order chi connectivity index (χ0) is 25.1. The molecule has 2 heterocycles. The fraction of sp³-hybridized carbons (Fsp3) is 0.280. The molecule has 0 aliphatic carbocycles. The van der Waals surface area contributed by atoms with E-state index in [0.717, 1.165) is 11.3 Å². The Morgan fingerprint density at radius 1 is 1.06 bits per heavy atom. The molecule has 1 saturated heterocycles. The summed E-state index contributed by atoms with van der Waals surface area (Å²) in [7, 11) is 0. The SMILES string of the molecule is CC1(C)CN(c2ccc(OC(F)(F)F)cc2)CN1Cc1ccnc(NC(=O)Nc2ccccc2)c1. The van der Waals surface area contributed by atoms with E-state index in [0.29, 0.717) is 31.3 Å². The number of nitrogens with one attached hydrogen (secondary N) is 2. The molecule has 3 aromatic rings. The molecular weight excluding hydrogens is 459 g/mol. The van der Waals surface area contributed by atoms with Crippen LogP contribution < -0.4 is 20.3 Å². The molecule has 10 heteroatoms. The molecule has 0 bridgehead atoms. The van der Waals surface area contributed by atoms with Crippen LogP contribution in [0.4, 0.5) is 35.2 Å². The molecule has 1 aliphatic rings. The molecule has 2 N–H and O–H groups in total. The lowest BCUT2D eigenvalue weighted by Gasteiger charge is -2.29. The predicted octanol–water partition coefficient (Wildman–Crippen LogP) is 5.68. The lowest BCUT2D eigenvalue weighted by molar-refractivity contribution is -0.274. The van der Waals surface area contributed by atoms with Crippen molar-refractivity contribution in [2.75, 3.05) is 28.7 Å². The van der Waals surface area contributed by atoms with Crippen molar-refractivity contribution >= 4 is 23.2 Å². The van der Waals surface area contributed by atoms with Gasteiger partial charge in [0.25, 0.3) is 0 Å². The number of carbonyl (C=O) groups is 1. The number of alkyl halides is 3. The molecule has 184 valence electrons. The Kier molecular flexibility index (Phi) is 6.83. The number of para-hydroxylation sites is 1. The molecule has 1 aromatic heterocycles. The lowest BCUT2D eigenvalue weighted by Crippen LogP contribution is -2.39. The van der Waals surface area contributed by atoms with Gasteiger partial charge in [0.05, 0.1) is 6.67 Å². The molecule has 4 rings (SSSR count). The van der Waals surface area contributed by atoms with E-state index < -0.39 is 6.36 Å². The average Bonchev–Trinajstić information content (AvgIpc) is 3.08. The minimum absolute atomic E-state index is 0.192. The number of ether oxygens (including phenoxy) is 1. The maximum Gasteiger partial charge on any atom is 0.573 e. The van der Waals surface area contributed by atoms with Gasteiger partial charge in [-0.1, -0.05) is 18.2 Å². The standard InChI is InChI=1S/C25H26F3N5O2/c1-24(2)16-32(20-8-10-21(11-9-20)35-25(26,27)28)17-33(24)15-18-12-13-29-22(14-18)31-23(34)30-19-6-4-3-5-7-19/h3-14H,15-17H2,1-2H3,(H2,29,30,31,34). The van der Waals surface area contributed by atoms with E-state index in [9.17, 15) is 18.0 Å². The third-order valence-electron chi connectivity index (χ3n) is 5.68. The molecule has 0 saturated carbocycles. The summed E-state index contributed by atoms with van der Waals surface area (Å²) in [6.45, 7) is 6.12. The summed E-state index contributed by atoms with van der Waals surface area (Å²) in [5, 5.41) is 5.51. The van der Waals surface area contributed by atoms with Crippen LogP contribution in [0.1, 0.15) is 19.4 Å². The number of rotatable bonds is 6. The second-order valence-corrected chi connectivity index (χ2v) is 8.89. The Hall–Kier alpha value is -3.79. The summed E-state index contributed by atoms with van der Waals surface area (Å²) in [6, 6.07) is 18.3. The second-order valence-electron chi connectivity index (χ2n) is 8.89. The number of amides is 2. The van der Waals surface area contributed by atoms with Crippen molar-refractivity contribution in [3.63, 3.8) is 0 Å².